The highest BCUT2D eigenvalue weighted by molar-refractivity contribution is 9.10. The van der Waals surface area contributed by atoms with E-state index in [1.165, 1.54) is 0 Å². The van der Waals surface area contributed by atoms with Crippen molar-refractivity contribution in [1.82, 2.24) is 24.7 Å². The third kappa shape index (κ3) is 2.60. The highest BCUT2D eigenvalue weighted by atomic mass is 79.9. The Balaban J connectivity index is 1.87. The van der Waals surface area contributed by atoms with E-state index in [0.29, 0.717) is 0 Å². The molecule has 0 saturated heterocycles. The average Bonchev–Trinajstić information content (AvgIpc) is 2.85. The average molecular weight is 323 g/mol. The van der Waals surface area contributed by atoms with Gasteiger partial charge in [-0.1, -0.05) is 6.92 Å². The smallest absolute Gasteiger partial charge is 0.152 e. The Morgan fingerprint density at radius 1 is 1.32 bits per heavy atom. The first-order valence-corrected chi connectivity index (χ1v) is 7.20. The fraction of sp³-hybridized carbons (Fsp3) is 0.500. The van der Waals surface area contributed by atoms with Crippen molar-refractivity contribution in [3.8, 4) is 0 Å². The lowest BCUT2D eigenvalue weighted by molar-refractivity contribution is 0.554. The summed E-state index contributed by atoms with van der Waals surface area (Å²) >= 11 is 3.46. The molecule has 3 rings (SSSR count). The van der Waals surface area contributed by atoms with Crippen LogP contribution in [0.25, 0.3) is 0 Å². The highest BCUT2D eigenvalue weighted by Crippen LogP contribution is 2.21. The van der Waals surface area contributed by atoms with Crippen LogP contribution in [0.5, 0.6) is 0 Å². The molecule has 0 unspecified atom stereocenters. The van der Waals surface area contributed by atoms with E-state index < -0.39 is 0 Å². The van der Waals surface area contributed by atoms with Gasteiger partial charge in [0, 0.05) is 25.6 Å². The predicted molar refractivity (Wildman–Crippen MR) is 74.8 cm³/mol. The van der Waals surface area contributed by atoms with Crippen molar-refractivity contribution in [3.63, 3.8) is 0 Å². The Bertz CT molecular complexity index is 581. The van der Waals surface area contributed by atoms with Crippen LogP contribution in [-0.2, 0) is 19.5 Å². The Kier molecular flexibility index (Phi) is 3.46. The van der Waals surface area contributed by atoms with Crippen molar-refractivity contribution in [1.29, 1.82) is 0 Å². The van der Waals surface area contributed by atoms with E-state index in [9.17, 15) is 0 Å². The van der Waals surface area contributed by atoms with Crippen LogP contribution < -0.4 is 4.90 Å². The lowest BCUT2D eigenvalue weighted by Crippen LogP contribution is -2.34. The molecule has 0 fully saturated rings. The zero-order valence-corrected chi connectivity index (χ0v) is 12.3. The maximum Gasteiger partial charge on any atom is 0.152 e. The van der Waals surface area contributed by atoms with Crippen molar-refractivity contribution in [3.05, 3.63) is 28.6 Å². The molecule has 100 valence electrons. The minimum absolute atomic E-state index is 0.745. The number of aryl methyl sites for hydroxylation is 1. The molecule has 0 atom stereocenters. The number of fused-ring (bicyclic) bond motifs is 1. The molecule has 0 aromatic carbocycles. The molecule has 0 spiro atoms. The fourth-order valence-corrected chi connectivity index (χ4v) is 2.62. The normalized spacial score (nSPS) is 14.5. The third-order valence-electron chi connectivity index (χ3n) is 3.16. The summed E-state index contributed by atoms with van der Waals surface area (Å²) in [5.41, 5.74) is 0. The SMILES string of the molecule is CCCc1nc(Br)cc(N2CCn3cnnc3C2)n1. The van der Waals surface area contributed by atoms with Gasteiger partial charge in [-0.15, -0.1) is 10.2 Å². The summed E-state index contributed by atoms with van der Waals surface area (Å²) in [5, 5.41) is 8.07. The van der Waals surface area contributed by atoms with E-state index in [2.05, 4.69) is 52.5 Å². The van der Waals surface area contributed by atoms with Crippen LogP contribution in [0.4, 0.5) is 5.82 Å². The number of rotatable bonds is 3. The molecule has 0 radical (unpaired) electrons. The monoisotopic (exact) mass is 322 g/mol. The number of hydrogen-bond donors (Lipinski definition) is 0. The van der Waals surface area contributed by atoms with Crippen LogP contribution >= 0.6 is 15.9 Å². The number of aromatic nitrogens is 5. The fourth-order valence-electron chi connectivity index (χ4n) is 2.21. The topological polar surface area (TPSA) is 59.7 Å². The molecule has 7 heteroatoms. The van der Waals surface area contributed by atoms with Gasteiger partial charge >= 0.3 is 0 Å². The number of halogens is 1. The van der Waals surface area contributed by atoms with Gasteiger partial charge in [-0.05, 0) is 22.4 Å². The molecular weight excluding hydrogens is 308 g/mol. The minimum Gasteiger partial charge on any atom is -0.347 e. The van der Waals surface area contributed by atoms with E-state index in [1.807, 2.05) is 6.07 Å². The number of anilines is 1. The molecule has 2 aromatic rings. The van der Waals surface area contributed by atoms with E-state index in [-0.39, 0.29) is 0 Å². The second kappa shape index (κ2) is 5.24. The van der Waals surface area contributed by atoms with Crippen LogP contribution in [0.15, 0.2) is 17.0 Å². The van der Waals surface area contributed by atoms with E-state index in [1.54, 1.807) is 6.33 Å². The summed E-state index contributed by atoms with van der Waals surface area (Å²) < 4.78 is 2.92. The van der Waals surface area contributed by atoms with E-state index in [4.69, 9.17) is 0 Å². The molecule has 19 heavy (non-hydrogen) atoms. The lowest BCUT2D eigenvalue weighted by Gasteiger charge is -2.28. The maximum atomic E-state index is 4.63. The van der Waals surface area contributed by atoms with Crippen LogP contribution in [0.2, 0.25) is 0 Å². The van der Waals surface area contributed by atoms with Gasteiger partial charge in [0.05, 0.1) is 6.54 Å². The van der Waals surface area contributed by atoms with E-state index in [0.717, 1.165) is 54.5 Å². The first-order valence-electron chi connectivity index (χ1n) is 6.41. The highest BCUT2D eigenvalue weighted by Gasteiger charge is 2.19. The molecule has 3 heterocycles. The Hall–Kier alpha value is -1.50. The second-order valence-corrected chi connectivity index (χ2v) is 5.39. The lowest BCUT2D eigenvalue weighted by atomic mass is 10.3. The van der Waals surface area contributed by atoms with Gasteiger partial charge in [-0.2, -0.15) is 0 Å². The van der Waals surface area contributed by atoms with Crippen LogP contribution in [0.1, 0.15) is 25.0 Å². The molecule has 0 N–H and O–H groups in total. The second-order valence-electron chi connectivity index (χ2n) is 4.58. The Labute approximate surface area is 120 Å². The van der Waals surface area contributed by atoms with Crippen molar-refractivity contribution < 1.29 is 0 Å². The number of hydrogen-bond acceptors (Lipinski definition) is 5. The summed E-state index contributed by atoms with van der Waals surface area (Å²) in [6.45, 7) is 4.69. The zero-order chi connectivity index (χ0) is 13.2. The number of nitrogens with zero attached hydrogens (tertiary/aromatic N) is 6. The quantitative estimate of drug-likeness (QED) is 0.806. The molecule has 0 amide bonds. The summed E-state index contributed by atoms with van der Waals surface area (Å²) in [6, 6.07) is 1.96. The largest absolute Gasteiger partial charge is 0.347 e. The van der Waals surface area contributed by atoms with Gasteiger partial charge < -0.3 is 9.47 Å². The molecule has 0 aliphatic carbocycles. The summed E-state index contributed by atoms with van der Waals surface area (Å²) in [4.78, 5) is 11.2. The molecule has 0 saturated carbocycles. The molecule has 1 aliphatic rings. The minimum atomic E-state index is 0.745. The summed E-state index contributed by atoms with van der Waals surface area (Å²) in [5.74, 6) is 2.83. The Morgan fingerprint density at radius 3 is 3.05 bits per heavy atom. The molecule has 2 aromatic heterocycles. The van der Waals surface area contributed by atoms with Crippen molar-refractivity contribution >= 4 is 21.7 Å². The Morgan fingerprint density at radius 2 is 2.21 bits per heavy atom. The van der Waals surface area contributed by atoms with Gasteiger partial charge in [-0.25, -0.2) is 9.97 Å². The standard InChI is InChI=1S/C12H15BrN6/c1-2-3-10-15-9(13)6-11(16-10)18-4-5-19-8-14-17-12(19)7-18/h6,8H,2-5,7H2,1H3. The maximum absolute atomic E-state index is 4.63. The van der Waals surface area contributed by atoms with Gasteiger partial charge in [0.15, 0.2) is 5.82 Å². The molecule has 6 nitrogen and oxygen atoms in total. The molecular formula is C12H15BrN6. The van der Waals surface area contributed by atoms with Gasteiger partial charge in [0.2, 0.25) is 0 Å². The summed E-state index contributed by atoms with van der Waals surface area (Å²) in [7, 11) is 0. The predicted octanol–water partition coefficient (Wildman–Crippen LogP) is 1.80. The zero-order valence-electron chi connectivity index (χ0n) is 10.8. The molecule has 1 aliphatic heterocycles. The van der Waals surface area contributed by atoms with Gasteiger partial charge in [0.1, 0.15) is 22.6 Å². The van der Waals surface area contributed by atoms with Crippen molar-refractivity contribution in [2.75, 3.05) is 11.4 Å². The van der Waals surface area contributed by atoms with Crippen molar-refractivity contribution in [2.45, 2.75) is 32.9 Å². The van der Waals surface area contributed by atoms with E-state index >= 15 is 0 Å². The third-order valence-corrected chi connectivity index (χ3v) is 3.57. The van der Waals surface area contributed by atoms with Crippen LogP contribution in [0.3, 0.4) is 0 Å². The van der Waals surface area contributed by atoms with Crippen molar-refractivity contribution in [2.24, 2.45) is 0 Å². The van der Waals surface area contributed by atoms with Crippen LogP contribution in [-0.4, -0.2) is 31.3 Å². The van der Waals surface area contributed by atoms with Crippen LogP contribution in [0, 0.1) is 0 Å². The first kappa shape index (κ1) is 12.5. The van der Waals surface area contributed by atoms with Gasteiger partial charge in [0.25, 0.3) is 0 Å². The first-order chi connectivity index (χ1) is 9.26. The molecule has 0 bridgehead atoms. The van der Waals surface area contributed by atoms with Gasteiger partial charge in [-0.3, -0.25) is 0 Å². The summed E-state index contributed by atoms with van der Waals surface area (Å²) in [6.07, 6.45) is 3.73.